The largest absolute Gasteiger partial charge is 0.409 e. The van der Waals surface area contributed by atoms with E-state index in [1.165, 1.54) is 0 Å². The Hall–Kier alpha value is -1.66. The van der Waals surface area contributed by atoms with Gasteiger partial charge in [0.25, 0.3) is 0 Å². The molecule has 4 N–H and O–H groups in total. The lowest BCUT2D eigenvalue weighted by Gasteiger charge is -2.23. The normalized spacial score (nSPS) is 23.7. The summed E-state index contributed by atoms with van der Waals surface area (Å²) in [7, 11) is 0. The topological polar surface area (TPSA) is 92.8 Å². The first-order chi connectivity index (χ1) is 9.14. The number of rotatable bonds is 5. The van der Waals surface area contributed by atoms with Crippen molar-refractivity contribution in [2.45, 2.75) is 31.9 Å². The van der Waals surface area contributed by atoms with Crippen molar-refractivity contribution in [1.82, 2.24) is 10.3 Å². The third-order valence-electron chi connectivity index (χ3n) is 3.36. The maximum absolute atomic E-state index is 8.73. The van der Waals surface area contributed by atoms with Crippen molar-refractivity contribution in [2.24, 2.45) is 10.9 Å². The number of nitrogens with one attached hydrogen (secondary N) is 1. The fourth-order valence-electron chi connectivity index (χ4n) is 2.30. The van der Waals surface area contributed by atoms with E-state index in [9.17, 15) is 0 Å². The van der Waals surface area contributed by atoms with Crippen molar-refractivity contribution >= 4 is 5.84 Å². The van der Waals surface area contributed by atoms with Crippen LogP contribution in [0.3, 0.4) is 0 Å². The molecular weight excluding hydrogens is 244 g/mol. The second-order valence-corrected chi connectivity index (χ2v) is 5.00. The predicted molar refractivity (Wildman–Crippen MR) is 72.0 cm³/mol. The summed E-state index contributed by atoms with van der Waals surface area (Å²) in [6.45, 7) is 4.33. The molecule has 0 amide bonds. The van der Waals surface area contributed by atoms with Crippen LogP contribution in [0.5, 0.6) is 0 Å². The van der Waals surface area contributed by atoms with Gasteiger partial charge in [-0.25, -0.2) is 0 Å². The molecule has 1 unspecified atom stereocenters. The van der Waals surface area contributed by atoms with Crippen molar-refractivity contribution in [1.29, 1.82) is 0 Å². The zero-order valence-corrected chi connectivity index (χ0v) is 11.1. The van der Waals surface area contributed by atoms with E-state index in [0.717, 1.165) is 31.6 Å². The third kappa shape index (κ3) is 3.42. The molecule has 0 spiro atoms. The van der Waals surface area contributed by atoms with Gasteiger partial charge in [-0.3, -0.25) is 4.98 Å². The first-order valence-corrected chi connectivity index (χ1v) is 6.41. The van der Waals surface area contributed by atoms with Crippen LogP contribution < -0.4 is 11.1 Å². The second-order valence-electron chi connectivity index (χ2n) is 5.00. The van der Waals surface area contributed by atoms with Gasteiger partial charge in [-0.1, -0.05) is 11.2 Å². The summed E-state index contributed by atoms with van der Waals surface area (Å²) in [5.74, 6) is 0.0285. The Morgan fingerprint density at radius 3 is 3.21 bits per heavy atom. The van der Waals surface area contributed by atoms with Crippen molar-refractivity contribution < 1.29 is 9.94 Å². The Bertz CT molecular complexity index is 456. The average molecular weight is 264 g/mol. The van der Waals surface area contributed by atoms with Gasteiger partial charge < -0.3 is 21.0 Å². The fraction of sp³-hybridized carbons (Fsp3) is 0.538. The monoisotopic (exact) mass is 264 g/mol. The van der Waals surface area contributed by atoms with Crippen LogP contribution in [-0.2, 0) is 11.3 Å². The molecule has 0 saturated carbocycles. The van der Waals surface area contributed by atoms with E-state index in [-0.39, 0.29) is 11.4 Å². The molecule has 0 radical (unpaired) electrons. The Balaban J connectivity index is 1.96. The second kappa shape index (κ2) is 5.99. The number of aromatic nitrogens is 1. The SMILES string of the molecule is CC1(CNCc2cccnc2C(N)=NO)CCCO1. The van der Waals surface area contributed by atoms with E-state index in [4.69, 9.17) is 15.7 Å². The van der Waals surface area contributed by atoms with Gasteiger partial charge >= 0.3 is 0 Å². The van der Waals surface area contributed by atoms with Crippen LogP contribution in [0.1, 0.15) is 31.0 Å². The van der Waals surface area contributed by atoms with Crippen molar-refractivity contribution in [3.8, 4) is 0 Å². The van der Waals surface area contributed by atoms with E-state index >= 15 is 0 Å². The van der Waals surface area contributed by atoms with Gasteiger partial charge in [0.05, 0.1) is 5.60 Å². The van der Waals surface area contributed by atoms with Gasteiger partial charge in [0.15, 0.2) is 5.84 Å². The quantitative estimate of drug-likeness (QED) is 0.317. The van der Waals surface area contributed by atoms with Crippen LogP contribution in [0.25, 0.3) is 0 Å². The van der Waals surface area contributed by atoms with Crippen molar-refractivity contribution in [2.75, 3.05) is 13.2 Å². The number of ether oxygens (including phenoxy) is 1. The predicted octanol–water partition coefficient (Wildman–Crippen LogP) is 0.835. The van der Waals surface area contributed by atoms with Crippen LogP contribution in [-0.4, -0.2) is 34.8 Å². The minimum atomic E-state index is -0.0843. The van der Waals surface area contributed by atoms with E-state index in [1.807, 2.05) is 12.1 Å². The zero-order chi connectivity index (χ0) is 13.7. The Morgan fingerprint density at radius 2 is 2.53 bits per heavy atom. The van der Waals surface area contributed by atoms with Gasteiger partial charge in [0.2, 0.25) is 0 Å². The molecule has 6 heteroatoms. The van der Waals surface area contributed by atoms with Gasteiger partial charge in [-0.15, -0.1) is 0 Å². The molecule has 0 bridgehead atoms. The molecule has 0 aromatic carbocycles. The Labute approximate surface area is 112 Å². The molecular formula is C13H20N4O2. The first-order valence-electron chi connectivity index (χ1n) is 6.41. The highest BCUT2D eigenvalue weighted by Gasteiger charge is 2.29. The average Bonchev–Trinajstić information content (AvgIpc) is 2.85. The highest BCUT2D eigenvalue weighted by Crippen LogP contribution is 2.24. The van der Waals surface area contributed by atoms with E-state index in [2.05, 4.69) is 22.4 Å². The zero-order valence-electron chi connectivity index (χ0n) is 11.1. The summed E-state index contributed by atoms with van der Waals surface area (Å²) >= 11 is 0. The molecule has 1 aliphatic heterocycles. The van der Waals surface area contributed by atoms with Crippen LogP contribution in [0.4, 0.5) is 0 Å². The molecule has 2 rings (SSSR count). The van der Waals surface area contributed by atoms with Gasteiger partial charge in [0, 0.05) is 25.9 Å². The highest BCUT2D eigenvalue weighted by atomic mass is 16.5. The maximum Gasteiger partial charge on any atom is 0.189 e. The summed E-state index contributed by atoms with van der Waals surface area (Å²) in [4.78, 5) is 4.13. The fourth-order valence-corrected chi connectivity index (χ4v) is 2.30. The van der Waals surface area contributed by atoms with Gasteiger partial charge in [-0.2, -0.15) is 0 Å². The highest BCUT2D eigenvalue weighted by molar-refractivity contribution is 5.96. The molecule has 104 valence electrons. The molecule has 19 heavy (non-hydrogen) atoms. The van der Waals surface area contributed by atoms with E-state index in [1.54, 1.807) is 6.20 Å². The Morgan fingerprint density at radius 1 is 1.68 bits per heavy atom. The Kier molecular flexibility index (Phi) is 4.34. The lowest BCUT2D eigenvalue weighted by Crippen LogP contribution is -2.37. The molecule has 0 aliphatic carbocycles. The summed E-state index contributed by atoms with van der Waals surface area (Å²) in [5, 5.41) is 15.1. The van der Waals surface area contributed by atoms with Crippen molar-refractivity contribution in [3.63, 3.8) is 0 Å². The molecule has 1 aromatic heterocycles. The van der Waals surface area contributed by atoms with Gasteiger partial charge in [-0.05, 0) is 31.4 Å². The number of nitrogens with zero attached hydrogens (tertiary/aromatic N) is 2. The first kappa shape index (κ1) is 13.8. The minimum absolute atomic E-state index is 0.0285. The van der Waals surface area contributed by atoms with E-state index in [0.29, 0.717) is 12.2 Å². The third-order valence-corrected chi connectivity index (χ3v) is 3.36. The minimum Gasteiger partial charge on any atom is -0.409 e. The molecule has 6 nitrogen and oxygen atoms in total. The molecule has 2 heterocycles. The van der Waals surface area contributed by atoms with Crippen LogP contribution in [0.2, 0.25) is 0 Å². The number of amidine groups is 1. The summed E-state index contributed by atoms with van der Waals surface area (Å²) in [6.07, 6.45) is 3.80. The number of hydrogen-bond acceptors (Lipinski definition) is 5. The molecule has 1 saturated heterocycles. The maximum atomic E-state index is 8.73. The lowest BCUT2D eigenvalue weighted by atomic mass is 10.0. The van der Waals surface area contributed by atoms with Crippen LogP contribution in [0.15, 0.2) is 23.5 Å². The van der Waals surface area contributed by atoms with Crippen LogP contribution >= 0.6 is 0 Å². The number of pyridine rings is 1. The van der Waals surface area contributed by atoms with Gasteiger partial charge in [0.1, 0.15) is 5.69 Å². The number of nitrogens with two attached hydrogens (primary N) is 1. The summed E-state index contributed by atoms with van der Waals surface area (Å²) in [6, 6.07) is 3.74. The standard InChI is InChI=1S/C13H20N4O2/c1-13(5-3-7-19-13)9-15-8-10-4-2-6-16-11(10)12(14)17-18/h2,4,6,15,18H,3,5,7-9H2,1H3,(H2,14,17). The number of hydrogen-bond donors (Lipinski definition) is 3. The molecule has 1 atom stereocenters. The number of oxime groups is 1. The van der Waals surface area contributed by atoms with E-state index < -0.39 is 0 Å². The van der Waals surface area contributed by atoms with Crippen LogP contribution in [0, 0.1) is 0 Å². The lowest BCUT2D eigenvalue weighted by molar-refractivity contribution is 0.0206. The summed E-state index contributed by atoms with van der Waals surface area (Å²) < 4.78 is 5.71. The molecule has 1 aliphatic rings. The molecule has 1 fully saturated rings. The smallest absolute Gasteiger partial charge is 0.189 e. The van der Waals surface area contributed by atoms with Crippen molar-refractivity contribution in [3.05, 3.63) is 29.6 Å². The summed E-state index contributed by atoms with van der Waals surface area (Å²) in [5.41, 5.74) is 6.93. The molecule has 1 aromatic rings.